The summed E-state index contributed by atoms with van der Waals surface area (Å²) in [6, 6.07) is 3.25. The van der Waals surface area contributed by atoms with Crippen molar-refractivity contribution in [2.75, 3.05) is 47.9 Å². The number of aromatic amines is 1. The van der Waals surface area contributed by atoms with E-state index in [4.69, 9.17) is 27.9 Å². The number of carboxylic acids is 1. The maximum Gasteiger partial charge on any atom is 0.355 e. The number of aliphatic carboxylic acids is 1. The van der Waals surface area contributed by atoms with Gasteiger partial charge in [-0.05, 0) is 65.3 Å². The molecular weight excluding hydrogens is 417 g/mol. The Hall–Kier alpha value is -1.80. The van der Waals surface area contributed by atoms with Gasteiger partial charge in [0.2, 0.25) is 0 Å². The molecular formula is C20H27Cl2N3O4. The standard InChI is InChI=1S/C20H27Cl2N3O4/c1-24(2)6-5-12(19(26)27)9-14-17-15(22)10-13(21)11-16(17)23-18(14)20(28)29-8-7-25(3)4/h10-12,23H,5-9H2,1-4H3,(H,26,27). The fraction of sp³-hybridized carbons (Fsp3) is 0.500. The molecule has 1 atom stereocenters. The van der Waals surface area contributed by atoms with Gasteiger partial charge in [-0.15, -0.1) is 0 Å². The van der Waals surface area contributed by atoms with E-state index in [9.17, 15) is 14.7 Å². The number of aromatic nitrogens is 1. The van der Waals surface area contributed by atoms with Gasteiger partial charge < -0.3 is 24.6 Å². The van der Waals surface area contributed by atoms with Crippen molar-refractivity contribution in [1.29, 1.82) is 0 Å². The summed E-state index contributed by atoms with van der Waals surface area (Å²) in [7, 11) is 7.53. The highest BCUT2D eigenvalue weighted by molar-refractivity contribution is 6.39. The minimum Gasteiger partial charge on any atom is -0.481 e. The molecule has 1 aromatic heterocycles. The molecule has 1 aromatic carbocycles. The number of H-pyrrole nitrogens is 1. The molecule has 2 N–H and O–H groups in total. The van der Waals surface area contributed by atoms with Crippen LogP contribution in [0.15, 0.2) is 12.1 Å². The van der Waals surface area contributed by atoms with Crippen molar-refractivity contribution in [3.8, 4) is 0 Å². The number of nitrogens with one attached hydrogen (secondary N) is 1. The van der Waals surface area contributed by atoms with E-state index < -0.39 is 17.9 Å². The molecule has 0 saturated carbocycles. The number of fused-ring (bicyclic) bond motifs is 1. The molecule has 2 rings (SSSR count). The van der Waals surface area contributed by atoms with Crippen molar-refractivity contribution >= 4 is 46.0 Å². The number of likely N-dealkylation sites (N-methyl/N-ethyl adjacent to an activating group) is 1. The fourth-order valence-electron chi connectivity index (χ4n) is 3.06. The summed E-state index contributed by atoms with van der Waals surface area (Å²) in [5.41, 5.74) is 1.34. The van der Waals surface area contributed by atoms with Gasteiger partial charge in [0.1, 0.15) is 12.3 Å². The number of halogens is 2. The summed E-state index contributed by atoms with van der Waals surface area (Å²) in [5.74, 6) is -2.13. The number of carbonyl (C=O) groups is 2. The van der Waals surface area contributed by atoms with Crippen LogP contribution in [0.1, 0.15) is 22.5 Å². The van der Waals surface area contributed by atoms with Crippen LogP contribution in [0.4, 0.5) is 0 Å². The molecule has 0 aliphatic carbocycles. The smallest absolute Gasteiger partial charge is 0.355 e. The summed E-state index contributed by atoms with van der Waals surface area (Å²) in [5, 5.41) is 11.1. The van der Waals surface area contributed by atoms with Crippen molar-refractivity contribution < 1.29 is 19.4 Å². The number of benzene rings is 1. The summed E-state index contributed by atoms with van der Waals surface area (Å²) in [6.45, 7) is 1.41. The SMILES string of the molecule is CN(C)CCOC(=O)c1[nH]c2cc(Cl)cc(Cl)c2c1CC(CCN(C)C)C(=O)O. The van der Waals surface area contributed by atoms with E-state index in [0.29, 0.717) is 46.0 Å². The Morgan fingerprint density at radius 1 is 1.14 bits per heavy atom. The molecule has 2 aromatic rings. The van der Waals surface area contributed by atoms with E-state index in [0.717, 1.165) is 0 Å². The van der Waals surface area contributed by atoms with Crippen LogP contribution in [0.2, 0.25) is 10.0 Å². The summed E-state index contributed by atoms with van der Waals surface area (Å²) in [6.07, 6.45) is 0.595. The van der Waals surface area contributed by atoms with Crippen LogP contribution in [0.3, 0.4) is 0 Å². The average Bonchev–Trinajstić information content (AvgIpc) is 2.96. The number of hydrogen-bond acceptors (Lipinski definition) is 5. The average molecular weight is 444 g/mol. The lowest BCUT2D eigenvalue weighted by Gasteiger charge is -2.16. The Kier molecular flexibility index (Phi) is 8.34. The summed E-state index contributed by atoms with van der Waals surface area (Å²) in [4.78, 5) is 31.4. The minimum atomic E-state index is -0.918. The highest BCUT2D eigenvalue weighted by Crippen LogP contribution is 2.34. The molecule has 1 heterocycles. The lowest BCUT2D eigenvalue weighted by atomic mass is 9.94. The molecule has 29 heavy (non-hydrogen) atoms. The molecule has 0 radical (unpaired) electrons. The number of esters is 1. The molecule has 0 spiro atoms. The maximum atomic E-state index is 12.7. The van der Waals surface area contributed by atoms with Crippen LogP contribution in [-0.4, -0.2) is 79.7 Å². The third kappa shape index (κ3) is 6.34. The molecule has 0 bridgehead atoms. The number of ether oxygens (including phenoxy) is 1. The Morgan fingerprint density at radius 2 is 1.79 bits per heavy atom. The van der Waals surface area contributed by atoms with Gasteiger partial charge in [0.15, 0.2) is 0 Å². The van der Waals surface area contributed by atoms with E-state index in [1.807, 2.05) is 38.0 Å². The number of carbonyl (C=O) groups excluding carboxylic acids is 1. The molecule has 9 heteroatoms. The molecule has 0 aliphatic heterocycles. The monoisotopic (exact) mass is 443 g/mol. The van der Waals surface area contributed by atoms with Gasteiger partial charge in [-0.1, -0.05) is 23.2 Å². The predicted octanol–water partition coefficient (Wildman–Crippen LogP) is 3.39. The first-order chi connectivity index (χ1) is 13.6. The first-order valence-corrected chi connectivity index (χ1v) is 10.0. The largest absolute Gasteiger partial charge is 0.481 e. The van der Waals surface area contributed by atoms with E-state index >= 15 is 0 Å². The van der Waals surface area contributed by atoms with Crippen LogP contribution in [-0.2, 0) is 16.0 Å². The molecule has 0 aliphatic rings. The van der Waals surface area contributed by atoms with Gasteiger partial charge in [-0.2, -0.15) is 0 Å². The zero-order valence-electron chi connectivity index (χ0n) is 17.1. The van der Waals surface area contributed by atoms with Gasteiger partial charge in [-0.25, -0.2) is 4.79 Å². The Labute approximate surface area is 180 Å². The first kappa shape index (κ1) is 23.5. The van der Waals surface area contributed by atoms with Gasteiger partial charge in [0.05, 0.1) is 10.9 Å². The van der Waals surface area contributed by atoms with Crippen molar-refractivity contribution in [2.24, 2.45) is 5.92 Å². The van der Waals surface area contributed by atoms with Crippen molar-refractivity contribution in [3.63, 3.8) is 0 Å². The zero-order valence-corrected chi connectivity index (χ0v) is 18.6. The van der Waals surface area contributed by atoms with E-state index in [1.165, 1.54) is 0 Å². The first-order valence-electron chi connectivity index (χ1n) is 9.29. The minimum absolute atomic E-state index is 0.155. The predicted molar refractivity (Wildman–Crippen MR) is 115 cm³/mol. The summed E-state index contributed by atoms with van der Waals surface area (Å²) < 4.78 is 5.38. The second kappa shape index (κ2) is 10.3. The molecule has 160 valence electrons. The molecule has 0 saturated heterocycles. The van der Waals surface area contributed by atoms with Crippen molar-refractivity contribution in [2.45, 2.75) is 12.8 Å². The second-order valence-corrected chi connectivity index (χ2v) is 8.40. The zero-order chi connectivity index (χ0) is 21.7. The van der Waals surface area contributed by atoms with Gasteiger partial charge in [-0.3, -0.25) is 4.79 Å². The number of nitrogens with zero attached hydrogens (tertiary/aromatic N) is 2. The molecule has 7 nitrogen and oxygen atoms in total. The quantitative estimate of drug-likeness (QED) is 0.547. The van der Waals surface area contributed by atoms with Crippen LogP contribution in [0, 0.1) is 5.92 Å². The number of rotatable bonds is 10. The molecule has 0 amide bonds. The van der Waals surface area contributed by atoms with Crippen LogP contribution in [0.25, 0.3) is 10.9 Å². The third-order valence-electron chi connectivity index (χ3n) is 4.62. The Morgan fingerprint density at radius 3 is 2.38 bits per heavy atom. The lowest BCUT2D eigenvalue weighted by molar-refractivity contribution is -0.142. The van der Waals surface area contributed by atoms with Crippen molar-refractivity contribution in [3.05, 3.63) is 33.4 Å². The van der Waals surface area contributed by atoms with E-state index in [-0.39, 0.29) is 18.7 Å². The van der Waals surface area contributed by atoms with Gasteiger partial charge in [0, 0.05) is 22.5 Å². The van der Waals surface area contributed by atoms with E-state index in [2.05, 4.69) is 4.98 Å². The van der Waals surface area contributed by atoms with Crippen LogP contribution >= 0.6 is 23.2 Å². The van der Waals surface area contributed by atoms with Crippen molar-refractivity contribution in [1.82, 2.24) is 14.8 Å². The number of hydrogen-bond donors (Lipinski definition) is 2. The molecule has 0 fully saturated rings. The highest BCUT2D eigenvalue weighted by atomic mass is 35.5. The third-order valence-corrected chi connectivity index (χ3v) is 5.13. The summed E-state index contributed by atoms with van der Waals surface area (Å²) >= 11 is 12.5. The number of carboxylic acid groups (broad SMARTS) is 1. The fourth-order valence-corrected chi connectivity index (χ4v) is 3.67. The van der Waals surface area contributed by atoms with Gasteiger partial charge in [0.25, 0.3) is 0 Å². The molecule has 1 unspecified atom stereocenters. The van der Waals surface area contributed by atoms with E-state index in [1.54, 1.807) is 12.1 Å². The van der Waals surface area contributed by atoms with Crippen LogP contribution in [0.5, 0.6) is 0 Å². The normalized spacial score (nSPS) is 12.7. The lowest BCUT2D eigenvalue weighted by Crippen LogP contribution is -2.24. The maximum absolute atomic E-state index is 12.7. The topological polar surface area (TPSA) is 85.9 Å². The second-order valence-electron chi connectivity index (χ2n) is 7.56. The Balaban J connectivity index is 2.43. The van der Waals surface area contributed by atoms with Gasteiger partial charge >= 0.3 is 11.9 Å². The highest BCUT2D eigenvalue weighted by Gasteiger charge is 2.27. The Bertz CT molecular complexity index is 880. The van der Waals surface area contributed by atoms with Crippen LogP contribution < -0.4 is 0 Å².